The van der Waals surface area contributed by atoms with Gasteiger partial charge in [0.1, 0.15) is 5.75 Å². The van der Waals surface area contributed by atoms with E-state index in [1.807, 2.05) is 31.5 Å². The van der Waals surface area contributed by atoms with Gasteiger partial charge in [-0.05, 0) is 24.6 Å². The third-order valence-electron chi connectivity index (χ3n) is 2.88. The SMILES string of the molecule is CC(NCc1cc[nH]c1)c1ccccc1OC(F)F. The summed E-state index contributed by atoms with van der Waals surface area (Å²) in [6.45, 7) is -0.230. The van der Waals surface area contributed by atoms with Crippen LogP contribution in [0, 0.1) is 0 Å². The molecule has 1 aromatic carbocycles. The maximum absolute atomic E-state index is 12.3. The lowest BCUT2D eigenvalue weighted by Gasteiger charge is -2.17. The van der Waals surface area contributed by atoms with E-state index in [1.165, 1.54) is 0 Å². The monoisotopic (exact) mass is 266 g/mol. The molecule has 0 spiro atoms. The van der Waals surface area contributed by atoms with Crippen LogP contribution in [-0.4, -0.2) is 11.6 Å². The second kappa shape index (κ2) is 6.33. The Kier molecular flexibility index (Phi) is 4.52. The van der Waals surface area contributed by atoms with Crippen molar-refractivity contribution >= 4 is 0 Å². The Morgan fingerprint density at radius 1 is 1.26 bits per heavy atom. The largest absolute Gasteiger partial charge is 0.434 e. The first-order chi connectivity index (χ1) is 9.16. The molecule has 2 N–H and O–H groups in total. The minimum absolute atomic E-state index is 0.0788. The molecular formula is C14H16F2N2O. The van der Waals surface area contributed by atoms with Gasteiger partial charge in [-0.25, -0.2) is 0 Å². The fourth-order valence-electron chi connectivity index (χ4n) is 1.89. The molecule has 19 heavy (non-hydrogen) atoms. The molecule has 2 aromatic rings. The summed E-state index contributed by atoms with van der Waals surface area (Å²) >= 11 is 0. The first kappa shape index (κ1) is 13.5. The number of benzene rings is 1. The van der Waals surface area contributed by atoms with Gasteiger partial charge in [0, 0.05) is 30.5 Å². The van der Waals surface area contributed by atoms with Gasteiger partial charge in [-0.1, -0.05) is 18.2 Å². The summed E-state index contributed by atoms with van der Waals surface area (Å²) in [5, 5.41) is 3.27. The molecule has 102 valence electrons. The predicted molar refractivity (Wildman–Crippen MR) is 69.1 cm³/mol. The topological polar surface area (TPSA) is 37.0 Å². The van der Waals surface area contributed by atoms with Crippen molar-refractivity contribution in [3.63, 3.8) is 0 Å². The first-order valence-electron chi connectivity index (χ1n) is 6.05. The number of alkyl halides is 2. The highest BCUT2D eigenvalue weighted by Crippen LogP contribution is 2.26. The zero-order chi connectivity index (χ0) is 13.7. The molecule has 0 saturated carbocycles. The zero-order valence-electron chi connectivity index (χ0n) is 10.6. The Bertz CT molecular complexity index is 500. The maximum atomic E-state index is 12.3. The fraction of sp³-hybridized carbons (Fsp3) is 0.286. The summed E-state index contributed by atoms with van der Waals surface area (Å²) in [5.41, 5.74) is 1.83. The van der Waals surface area contributed by atoms with Crippen LogP contribution >= 0.6 is 0 Å². The number of halogens is 2. The lowest BCUT2D eigenvalue weighted by Crippen LogP contribution is -2.19. The van der Waals surface area contributed by atoms with Crippen LogP contribution in [0.25, 0.3) is 0 Å². The van der Waals surface area contributed by atoms with Crippen molar-refractivity contribution < 1.29 is 13.5 Å². The van der Waals surface area contributed by atoms with Crippen molar-refractivity contribution in [2.45, 2.75) is 26.1 Å². The summed E-state index contributed by atoms with van der Waals surface area (Å²) < 4.78 is 29.2. The van der Waals surface area contributed by atoms with Crippen molar-refractivity contribution in [2.24, 2.45) is 0 Å². The van der Waals surface area contributed by atoms with E-state index >= 15 is 0 Å². The second-order valence-electron chi connectivity index (χ2n) is 4.24. The molecule has 0 radical (unpaired) electrons. The molecule has 0 amide bonds. The third-order valence-corrected chi connectivity index (χ3v) is 2.88. The Morgan fingerprint density at radius 2 is 2.05 bits per heavy atom. The number of ether oxygens (including phenoxy) is 1. The predicted octanol–water partition coefficient (Wildman–Crippen LogP) is 3.47. The number of aromatic nitrogens is 1. The minimum atomic E-state index is -2.81. The zero-order valence-corrected chi connectivity index (χ0v) is 10.6. The number of H-pyrrole nitrogens is 1. The number of hydrogen-bond donors (Lipinski definition) is 2. The third kappa shape index (κ3) is 3.79. The highest BCUT2D eigenvalue weighted by atomic mass is 19.3. The number of rotatable bonds is 6. The van der Waals surface area contributed by atoms with Crippen LogP contribution in [0.4, 0.5) is 8.78 Å². The van der Waals surface area contributed by atoms with Crippen molar-refractivity contribution in [1.29, 1.82) is 0 Å². The quantitative estimate of drug-likeness (QED) is 0.840. The molecular weight excluding hydrogens is 250 g/mol. The Balaban J connectivity index is 2.03. The summed E-state index contributed by atoms with van der Waals surface area (Å²) in [6.07, 6.45) is 3.73. The number of aromatic amines is 1. The molecule has 0 aliphatic carbocycles. The minimum Gasteiger partial charge on any atom is -0.434 e. The van der Waals surface area contributed by atoms with Crippen LogP contribution < -0.4 is 10.1 Å². The van der Waals surface area contributed by atoms with Crippen molar-refractivity contribution in [2.75, 3.05) is 0 Å². The van der Waals surface area contributed by atoms with E-state index in [-0.39, 0.29) is 11.8 Å². The first-order valence-corrected chi connectivity index (χ1v) is 6.05. The van der Waals surface area contributed by atoms with Gasteiger partial charge in [-0.15, -0.1) is 0 Å². The van der Waals surface area contributed by atoms with Gasteiger partial charge >= 0.3 is 6.61 Å². The molecule has 1 heterocycles. The van der Waals surface area contributed by atoms with Crippen LogP contribution in [0.5, 0.6) is 5.75 Å². The van der Waals surface area contributed by atoms with E-state index in [9.17, 15) is 8.78 Å². The summed E-state index contributed by atoms with van der Waals surface area (Å²) in [6, 6.07) is 8.70. The van der Waals surface area contributed by atoms with Gasteiger partial charge in [0.25, 0.3) is 0 Å². The molecule has 1 atom stereocenters. The lowest BCUT2D eigenvalue weighted by molar-refractivity contribution is -0.0506. The standard InChI is InChI=1S/C14H16F2N2O/c1-10(18-9-11-6-7-17-8-11)12-4-2-3-5-13(12)19-14(15)16/h2-8,10,14,17-18H,9H2,1H3. The highest BCUT2D eigenvalue weighted by Gasteiger charge is 2.14. The Morgan fingerprint density at radius 3 is 2.74 bits per heavy atom. The van der Waals surface area contributed by atoms with Gasteiger partial charge in [-0.2, -0.15) is 8.78 Å². The van der Waals surface area contributed by atoms with E-state index in [0.717, 1.165) is 11.1 Å². The van der Waals surface area contributed by atoms with Gasteiger partial charge < -0.3 is 15.0 Å². The smallest absolute Gasteiger partial charge is 0.387 e. The molecule has 3 nitrogen and oxygen atoms in total. The molecule has 0 fully saturated rings. The molecule has 5 heteroatoms. The maximum Gasteiger partial charge on any atom is 0.387 e. The molecule has 1 aromatic heterocycles. The Hall–Kier alpha value is -1.88. The van der Waals surface area contributed by atoms with Crippen LogP contribution in [0.2, 0.25) is 0 Å². The van der Waals surface area contributed by atoms with Crippen molar-refractivity contribution in [3.05, 3.63) is 53.9 Å². The number of nitrogens with one attached hydrogen (secondary N) is 2. The Labute approximate surface area is 110 Å². The van der Waals surface area contributed by atoms with E-state index in [1.54, 1.807) is 18.2 Å². The molecule has 2 rings (SSSR count). The second-order valence-corrected chi connectivity index (χ2v) is 4.24. The van der Waals surface area contributed by atoms with E-state index in [0.29, 0.717) is 6.54 Å². The van der Waals surface area contributed by atoms with Crippen molar-refractivity contribution in [3.8, 4) is 5.75 Å². The van der Waals surface area contributed by atoms with E-state index in [2.05, 4.69) is 15.0 Å². The summed E-state index contributed by atoms with van der Waals surface area (Å²) in [4.78, 5) is 2.97. The highest BCUT2D eigenvalue weighted by molar-refractivity contribution is 5.35. The number of hydrogen-bond acceptors (Lipinski definition) is 2. The molecule has 0 aliphatic heterocycles. The van der Waals surface area contributed by atoms with Crippen LogP contribution in [0.15, 0.2) is 42.7 Å². The fourth-order valence-corrected chi connectivity index (χ4v) is 1.89. The normalized spacial score (nSPS) is 12.6. The average Bonchev–Trinajstić information content (AvgIpc) is 2.89. The van der Waals surface area contributed by atoms with Crippen LogP contribution in [0.1, 0.15) is 24.1 Å². The number of para-hydroxylation sites is 1. The van der Waals surface area contributed by atoms with Crippen LogP contribution in [0.3, 0.4) is 0 Å². The van der Waals surface area contributed by atoms with Gasteiger partial charge in [0.15, 0.2) is 0 Å². The molecule has 1 unspecified atom stereocenters. The molecule has 0 aliphatic rings. The van der Waals surface area contributed by atoms with Gasteiger partial charge in [0.2, 0.25) is 0 Å². The van der Waals surface area contributed by atoms with Crippen molar-refractivity contribution in [1.82, 2.24) is 10.3 Å². The lowest BCUT2D eigenvalue weighted by atomic mass is 10.1. The summed E-state index contributed by atoms with van der Waals surface area (Å²) in [7, 11) is 0. The summed E-state index contributed by atoms with van der Waals surface area (Å²) in [5.74, 6) is 0.214. The van der Waals surface area contributed by atoms with E-state index in [4.69, 9.17) is 0 Å². The molecule has 0 bridgehead atoms. The average molecular weight is 266 g/mol. The van der Waals surface area contributed by atoms with Crippen LogP contribution in [-0.2, 0) is 6.54 Å². The van der Waals surface area contributed by atoms with E-state index < -0.39 is 6.61 Å². The molecule has 0 saturated heterocycles. The van der Waals surface area contributed by atoms with Gasteiger partial charge in [-0.3, -0.25) is 0 Å². The van der Waals surface area contributed by atoms with Gasteiger partial charge in [0.05, 0.1) is 0 Å².